The van der Waals surface area contributed by atoms with Crippen LogP contribution in [0.25, 0.3) is 10.2 Å². The summed E-state index contributed by atoms with van der Waals surface area (Å²) in [4.78, 5) is 30.9. The normalized spacial score (nSPS) is 16.4. The second-order valence-electron chi connectivity index (χ2n) is 8.23. The summed E-state index contributed by atoms with van der Waals surface area (Å²) in [6, 6.07) is 7.90. The monoisotopic (exact) mass is 440 g/mol. The van der Waals surface area contributed by atoms with E-state index in [0.717, 1.165) is 12.8 Å². The Balaban J connectivity index is 1.33. The van der Waals surface area contributed by atoms with Gasteiger partial charge in [-0.1, -0.05) is 6.07 Å². The van der Waals surface area contributed by atoms with Crippen LogP contribution in [0.1, 0.15) is 34.5 Å². The summed E-state index contributed by atoms with van der Waals surface area (Å²) in [5.74, 6) is 0.418. The molecule has 8 heteroatoms. The minimum absolute atomic E-state index is 0.0537. The number of nitrogens with zero attached hydrogens (tertiary/aromatic N) is 2. The summed E-state index contributed by atoms with van der Waals surface area (Å²) >= 11 is 1.23. The van der Waals surface area contributed by atoms with Crippen molar-refractivity contribution in [3.63, 3.8) is 0 Å². The quantitative estimate of drug-likeness (QED) is 0.602. The number of pyridine rings is 1. The van der Waals surface area contributed by atoms with E-state index in [1.807, 2.05) is 0 Å². The zero-order chi connectivity index (χ0) is 21.5. The molecule has 3 heterocycles. The maximum absolute atomic E-state index is 14.7. The number of carbonyl (C=O) groups excluding carboxylic acids is 2. The first-order valence-corrected chi connectivity index (χ1v) is 11.1. The molecule has 2 aliphatic rings. The number of rotatable bonds is 7. The van der Waals surface area contributed by atoms with E-state index in [-0.39, 0.29) is 23.9 Å². The minimum atomic E-state index is -0.538. The lowest BCUT2D eigenvalue weighted by Crippen LogP contribution is -2.53. The lowest BCUT2D eigenvalue weighted by molar-refractivity contribution is -0.118. The number of hydrogen-bond donors (Lipinski definition) is 1. The first-order chi connectivity index (χ1) is 15.0. The molecule has 0 atom stereocenters. The zero-order valence-electron chi connectivity index (χ0n) is 16.7. The summed E-state index contributed by atoms with van der Waals surface area (Å²) in [5.41, 5.74) is 1.23. The molecule has 1 aliphatic carbocycles. The lowest BCUT2D eigenvalue weighted by atomic mass is 10.0. The Kier molecular flexibility index (Phi) is 5.19. The second kappa shape index (κ2) is 8.01. The fourth-order valence-electron chi connectivity index (χ4n) is 3.68. The van der Waals surface area contributed by atoms with Gasteiger partial charge in [-0.25, -0.2) is 4.39 Å². The van der Waals surface area contributed by atoms with Crippen LogP contribution in [0.15, 0.2) is 36.5 Å². The van der Waals surface area contributed by atoms with Crippen molar-refractivity contribution in [2.45, 2.75) is 31.8 Å². The van der Waals surface area contributed by atoms with E-state index in [9.17, 15) is 19.1 Å². The van der Waals surface area contributed by atoms with Crippen LogP contribution in [0.5, 0.6) is 11.5 Å². The van der Waals surface area contributed by atoms with Crippen molar-refractivity contribution in [1.29, 1.82) is 0 Å². The minimum Gasteiger partial charge on any atom is -0.453 e. The average Bonchev–Trinajstić information content (AvgIpc) is 3.41. The Bertz CT molecular complexity index is 1170. The maximum atomic E-state index is 14.7. The molecule has 1 saturated heterocycles. The van der Waals surface area contributed by atoms with Crippen molar-refractivity contribution >= 4 is 33.2 Å². The Hall–Kier alpha value is -2.84. The van der Waals surface area contributed by atoms with Crippen molar-refractivity contribution in [3.05, 3.63) is 52.8 Å². The van der Waals surface area contributed by atoms with Gasteiger partial charge in [0.25, 0.3) is 5.91 Å². The Morgan fingerprint density at radius 2 is 2.00 bits per heavy atom. The maximum Gasteiger partial charge on any atom is 0.264 e. The van der Waals surface area contributed by atoms with Crippen LogP contribution < -0.4 is 4.74 Å². The van der Waals surface area contributed by atoms with Gasteiger partial charge in [0, 0.05) is 38.2 Å². The number of amides is 1. The number of aromatic nitrogens is 1. The van der Waals surface area contributed by atoms with E-state index in [1.165, 1.54) is 23.5 Å². The average molecular weight is 440 g/mol. The van der Waals surface area contributed by atoms with Gasteiger partial charge in [0.05, 0.1) is 21.2 Å². The number of ketones is 1. The molecule has 0 radical (unpaired) electrons. The fraction of sp³-hybridized carbons (Fsp3) is 0.348. The third-order valence-corrected chi connectivity index (χ3v) is 6.69. The van der Waals surface area contributed by atoms with Crippen LogP contribution in [-0.2, 0) is 11.2 Å². The van der Waals surface area contributed by atoms with Gasteiger partial charge >= 0.3 is 0 Å². The molecule has 0 unspecified atom stereocenters. The number of aliphatic hydroxyl groups excluding tert-OH is 1. The molecule has 3 aromatic rings. The number of benzene rings is 1. The molecule has 0 bridgehead atoms. The lowest BCUT2D eigenvalue weighted by Gasteiger charge is -2.35. The van der Waals surface area contributed by atoms with Crippen LogP contribution in [-0.4, -0.2) is 45.9 Å². The largest absolute Gasteiger partial charge is 0.453 e. The van der Waals surface area contributed by atoms with E-state index in [1.54, 1.807) is 29.3 Å². The molecule has 6 nitrogen and oxygen atoms in total. The highest BCUT2D eigenvalue weighted by Crippen LogP contribution is 2.37. The number of aliphatic hydroxyl groups is 1. The highest BCUT2D eigenvalue weighted by atomic mass is 32.1. The smallest absolute Gasteiger partial charge is 0.264 e. The summed E-state index contributed by atoms with van der Waals surface area (Å²) < 4.78 is 21.1. The van der Waals surface area contributed by atoms with Gasteiger partial charge in [0.2, 0.25) is 0 Å². The number of thiophene rings is 1. The predicted molar refractivity (Wildman–Crippen MR) is 114 cm³/mol. The third-order valence-electron chi connectivity index (χ3n) is 5.57. The van der Waals surface area contributed by atoms with Crippen LogP contribution in [0.2, 0.25) is 0 Å². The van der Waals surface area contributed by atoms with Gasteiger partial charge in [-0.15, -0.1) is 11.3 Å². The number of fused-ring (bicyclic) bond motifs is 1. The molecule has 5 rings (SSSR count). The van der Waals surface area contributed by atoms with E-state index in [2.05, 4.69) is 4.98 Å². The van der Waals surface area contributed by atoms with Gasteiger partial charge in [-0.3, -0.25) is 14.6 Å². The molecule has 1 aliphatic heterocycles. The second-order valence-corrected chi connectivity index (χ2v) is 9.28. The molecule has 2 fully saturated rings. The van der Waals surface area contributed by atoms with E-state index in [4.69, 9.17) is 4.74 Å². The molecule has 160 valence electrons. The molecule has 2 aromatic heterocycles. The molecule has 1 saturated carbocycles. The zero-order valence-corrected chi connectivity index (χ0v) is 17.5. The molecular weight excluding hydrogens is 419 g/mol. The van der Waals surface area contributed by atoms with Crippen molar-refractivity contribution in [1.82, 2.24) is 9.88 Å². The van der Waals surface area contributed by atoms with Crippen LogP contribution in [0, 0.1) is 11.7 Å². The summed E-state index contributed by atoms with van der Waals surface area (Å²) in [6.07, 6.45) is 4.12. The molecule has 1 aromatic carbocycles. The van der Waals surface area contributed by atoms with Crippen LogP contribution in [0.3, 0.4) is 0 Å². The van der Waals surface area contributed by atoms with Crippen molar-refractivity contribution in [2.75, 3.05) is 13.1 Å². The highest BCUT2D eigenvalue weighted by molar-refractivity contribution is 7.21. The van der Waals surface area contributed by atoms with E-state index >= 15 is 0 Å². The van der Waals surface area contributed by atoms with Gasteiger partial charge in [0.15, 0.2) is 11.6 Å². The number of β-amino-alcohol motifs (C(OH)–C–C–N with tert-alkyl or cyclic N) is 1. The van der Waals surface area contributed by atoms with Crippen LogP contribution in [0.4, 0.5) is 4.39 Å². The Morgan fingerprint density at radius 3 is 2.71 bits per heavy atom. The number of carbonyl (C=O) groups is 2. The first-order valence-electron chi connectivity index (χ1n) is 10.3. The van der Waals surface area contributed by atoms with E-state index in [0.29, 0.717) is 51.8 Å². The number of halogens is 1. The van der Waals surface area contributed by atoms with Crippen molar-refractivity contribution in [2.24, 2.45) is 5.92 Å². The van der Waals surface area contributed by atoms with Gasteiger partial charge in [0.1, 0.15) is 11.5 Å². The van der Waals surface area contributed by atoms with Gasteiger partial charge in [-0.05, 0) is 42.5 Å². The summed E-state index contributed by atoms with van der Waals surface area (Å²) in [7, 11) is 0. The van der Waals surface area contributed by atoms with E-state index < -0.39 is 11.9 Å². The van der Waals surface area contributed by atoms with Gasteiger partial charge < -0.3 is 14.7 Å². The van der Waals surface area contributed by atoms with Crippen molar-refractivity contribution in [3.8, 4) is 11.5 Å². The number of ether oxygens (including phenoxy) is 1. The standard InChI is InChI=1S/C23H21FN2O4S/c24-17-9-14(8-15(27)7-13-1-2-13)3-4-19(17)30-20-5-6-25-18-10-21(31-22(18)20)23(29)26-11-16(28)12-26/h3-6,9-10,13,16,28H,1-2,7-8,11-12H2. The van der Waals surface area contributed by atoms with Crippen molar-refractivity contribution < 1.29 is 23.8 Å². The predicted octanol–water partition coefficient (Wildman–Crippen LogP) is 3.96. The number of likely N-dealkylation sites (tertiary alicyclic amines) is 1. The van der Waals surface area contributed by atoms with Crippen LogP contribution >= 0.6 is 11.3 Å². The topological polar surface area (TPSA) is 79.7 Å². The van der Waals surface area contributed by atoms with Gasteiger partial charge in [-0.2, -0.15) is 0 Å². The Labute approximate surface area is 182 Å². The molecular formula is C23H21FN2O4S. The fourth-order valence-corrected chi connectivity index (χ4v) is 4.71. The number of Topliss-reactive ketones (excluding diaryl/α,β-unsaturated/α-hetero) is 1. The summed E-state index contributed by atoms with van der Waals surface area (Å²) in [6.45, 7) is 0.648. The SMILES string of the molecule is O=C(Cc1ccc(Oc2ccnc3cc(C(=O)N4CC(O)C4)sc23)c(F)c1)CC1CC1. The molecule has 1 N–H and O–H groups in total. The number of hydrogen-bond acceptors (Lipinski definition) is 6. The molecule has 1 amide bonds. The molecule has 0 spiro atoms. The first kappa shape index (κ1) is 20.1. The highest BCUT2D eigenvalue weighted by Gasteiger charge is 2.30. The Morgan fingerprint density at radius 1 is 1.19 bits per heavy atom. The molecule has 31 heavy (non-hydrogen) atoms. The summed E-state index contributed by atoms with van der Waals surface area (Å²) in [5, 5.41) is 9.42. The third kappa shape index (κ3) is 4.31.